The molecule has 23 heavy (non-hydrogen) atoms. The lowest BCUT2D eigenvalue weighted by atomic mass is 10.1. The highest BCUT2D eigenvalue weighted by molar-refractivity contribution is 6.07. The van der Waals surface area contributed by atoms with Gasteiger partial charge in [-0.2, -0.15) is 0 Å². The number of rotatable bonds is 3. The molecule has 4 heteroatoms. The average Bonchev–Trinajstić information content (AvgIpc) is 2.93. The molecule has 2 aromatic rings. The lowest BCUT2D eigenvalue weighted by molar-refractivity contribution is -0.120. The molecule has 1 aliphatic rings. The number of nitrogens with zero attached hydrogens (tertiary/aromatic N) is 1. The summed E-state index contributed by atoms with van der Waals surface area (Å²) in [6, 6.07) is 14.9. The van der Waals surface area contributed by atoms with Crippen LogP contribution < -0.4 is 10.2 Å². The van der Waals surface area contributed by atoms with Crippen molar-refractivity contribution in [3.63, 3.8) is 0 Å². The zero-order valence-electron chi connectivity index (χ0n) is 13.4. The third kappa shape index (κ3) is 3.11. The Hall–Kier alpha value is -2.62. The SMILES string of the molecule is Cc1ccc(C)c(NC(=O)C2CCC(=O)N2c2ccccc2)c1. The van der Waals surface area contributed by atoms with Crippen LogP contribution in [0.25, 0.3) is 0 Å². The number of hydrogen-bond donors (Lipinski definition) is 1. The van der Waals surface area contributed by atoms with Crippen molar-refractivity contribution in [1.82, 2.24) is 0 Å². The van der Waals surface area contributed by atoms with Crippen LogP contribution in [-0.4, -0.2) is 17.9 Å². The monoisotopic (exact) mass is 308 g/mol. The second-order valence-corrected chi connectivity index (χ2v) is 5.96. The molecule has 0 spiro atoms. The molecule has 1 N–H and O–H groups in total. The van der Waals surface area contributed by atoms with Crippen molar-refractivity contribution in [2.24, 2.45) is 0 Å². The summed E-state index contributed by atoms with van der Waals surface area (Å²) in [7, 11) is 0. The first kappa shape index (κ1) is 15.3. The van der Waals surface area contributed by atoms with E-state index in [9.17, 15) is 9.59 Å². The fourth-order valence-electron chi connectivity index (χ4n) is 2.93. The minimum atomic E-state index is -0.454. The summed E-state index contributed by atoms with van der Waals surface area (Å²) in [6.45, 7) is 3.95. The first-order chi connectivity index (χ1) is 11.1. The normalized spacial score (nSPS) is 17.4. The third-order valence-electron chi connectivity index (χ3n) is 4.20. The molecule has 0 bridgehead atoms. The Bertz CT molecular complexity index is 740. The highest BCUT2D eigenvalue weighted by atomic mass is 16.2. The van der Waals surface area contributed by atoms with Crippen LogP contribution in [0.3, 0.4) is 0 Å². The summed E-state index contributed by atoms with van der Waals surface area (Å²) in [6.07, 6.45) is 0.949. The average molecular weight is 308 g/mol. The minimum Gasteiger partial charge on any atom is -0.324 e. The van der Waals surface area contributed by atoms with Gasteiger partial charge in [-0.3, -0.25) is 14.5 Å². The van der Waals surface area contributed by atoms with Gasteiger partial charge in [-0.1, -0.05) is 30.3 Å². The molecule has 1 aliphatic heterocycles. The maximum atomic E-state index is 12.7. The van der Waals surface area contributed by atoms with Crippen molar-refractivity contribution < 1.29 is 9.59 Å². The lowest BCUT2D eigenvalue weighted by Gasteiger charge is -2.24. The number of benzene rings is 2. The van der Waals surface area contributed by atoms with Crippen molar-refractivity contribution in [3.05, 3.63) is 59.7 Å². The van der Waals surface area contributed by atoms with Crippen molar-refractivity contribution in [3.8, 4) is 0 Å². The van der Waals surface area contributed by atoms with Gasteiger partial charge >= 0.3 is 0 Å². The highest BCUT2D eigenvalue weighted by Crippen LogP contribution is 2.27. The van der Waals surface area contributed by atoms with E-state index in [1.807, 2.05) is 62.4 Å². The number of anilines is 2. The van der Waals surface area contributed by atoms with Crippen molar-refractivity contribution in [2.45, 2.75) is 32.7 Å². The van der Waals surface area contributed by atoms with E-state index in [2.05, 4.69) is 5.32 Å². The third-order valence-corrected chi connectivity index (χ3v) is 4.20. The maximum absolute atomic E-state index is 12.7. The van der Waals surface area contributed by atoms with Gasteiger partial charge in [-0.25, -0.2) is 0 Å². The van der Waals surface area contributed by atoms with Crippen LogP contribution in [0.1, 0.15) is 24.0 Å². The Morgan fingerprint density at radius 3 is 2.61 bits per heavy atom. The van der Waals surface area contributed by atoms with E-state index in [4.69, 9.17) is 0 Å². The number of nitrogens with one attached hydrogen (secondary N) is 1. The second kappa shape index (κ2) is 6.24. The molecule has 0 saturated carbocycles. The van der Waals surface area contributed by atoms with E-state index in [-0.39, 0.29) is 11.8 Å². The topological polar surface area (TPSA) is 49.4 Å². The van der Waals surface area contributed by atoms with Crippen molar-refractivity contribution in [2.75, 3.05) is 10.2 Å². The molecule has 1 fully saturated rings. The van der Waals surface area contributed by atoms with Crippen LogP contribution in [0.5, 0.6) is 0 Å². The molecule has 0 aliphatic carbocycles. The molecular formula is C19H20N2O2. The van der Waals surface area contributed by atoms with Gasteiger partial charge in [-0.15, -0.1) is 0 Å². The fourth-order valence-corrected chi connectivity index (χ4v) is 2.93. The first-order valence-corrected chi connectivity index (χ1v) is 7.81. The quantitative estimate of drug-likeness (QED) is 0.944. The van der Waals surface area contributed by atoms with Gasteiger partial charge in [0.1, 0.15) is 6.04 Å². The molecule has 1 heterocycles. The summed E-state index contributed by atoms with van der Waals surface area (Å²) < 4.78 is 0. The Morgan fingerprint density at radius 1 is 1.13 bits per heavy atom. The number of hydrogen-bond acceptors (Lipinski definition) is 2. The second-order valence-electron chi connectivity index (χ2n) is 5.96. The number of amides is 2. The predicted octanol–water partition coefficient (Wildman–Crippen LogP) is 3.44. The number of aryl methyl sites for hydroxylation is 2. The van der Waals surface area contributed by atoms with E-state index in [1.54, 1.807) is 4.90 Å². The van der Waals surface area contributed by atoms with Crippen LogP contribution in [0.4, 0.5) is 11.4 Å². The smallest absolute Gasteiger partial charge is 0.247 e. The molecule has 2 amide bonds. The largest absolute Gasteiger partial charge is 0.324 e. The molecule has 1 atom stereocenters. The molecule has 2 aromatic carbocycles. The van der Waals surface area contributed by atoms with Gasteiger partial charge in [0.05, 0.1) is 0 Å². The van der Waals surface area contributed by atoms with Crippen LogP contribution in [-0.2, 0) is 9.59 Å². The summed E-state index contributed by atoms with van der Waals surface area (Å²) >= 11 is 0. The molecule has 0 radical (unpaired) electrons. The molecule has 3 rings (SSSR count). The van der Waals surface area contributed by atoms with E-state index < -0.39 is 6.04 Å². The summed E-state index contributed by atoms with van der Waals surface area (Å²) in [4.78, 5) is 26.5. The van der Waals surface area contributed by atoms with E-state index in [0.29, 0.717) is 12.8 Å². The predicted molar refractivity (Wildman–Crippen MR) is 91.5 cm³/mol. The Kier molecular flexibility index (Phi) is 4.15. The van der Waals surface area contributed by atoms with Crippen molar-refractivity contribution in [1.29, 1.82) is 0 Å². The number of carbonyl (C=O) groups is 2. The van der Waals surface area contributed by atoms with Crippen LogP contribution >= 0.6 is 0 Å². The van der Waals surface area contributed by atoms with Gasteiger partial charge in [0, 0.05) is 17.8 Å². The molecule has 0 aromatic heterocycles. The summed E-state index contributed by atoms with van der Waals surface area (Å²) in [5, 5.41) is 2.98. The molecule has 118 valence electrons. The van der Waals surface area contributed by atoms with Crippen LogP contribution in [0, 0.1) is 13.8 Å². The van der Waals surface area contributed by atoms with Gasteiger partial charge in [0.25, 0.3) is 0 Å². The Labute approximate surface area is 136 Å². The minimum absolute atomic E-state index is 0.00249. The van der Waals surface area contributed by atoms with Crippen LogP contribution in [0.2, 0.25) is 0 Å². The Morgan fingerprint density at radius 2 is 1.87 bits per heavy atom. The lowest BCUT2D eigenvalue weighted by Crippen LogP contribution is -2.41. The Balaban J connectivity index is 1.83. The van der Waals surface area contributed by atoms with Gasteiger partial charge in [0.2, 0.25) is 11.8 Å². The van der Waals surface area contributed by atoms with Crippen molar-refractivity contribution >= 4 is 23.2 Å². The van der Waals surface area contributed by atoms with Crippen LogP contribution in [0.15, 0.2) is 48.5 Å². The number of para-hydroxylation sites is 1. The van der Waals surface area contributed by atoms with E-state index >= 15 is 0 Å². The summed E-state index contributed by atoms with van der Waals surface area (Å²) in [5.41, 5.74) is 3.69. The maximum Gasteiger partial charge on any atom is 0.247 e. The zero-order chi connectivity index (χ0) is 16.4. The fraction of sp³-hybridized carbons (Fsp3) is 0.263. The van der Waals surface area contributed by atoms with E-state index in [0.717, 1.165) is 22.5 Å². The molecule has 1 unspecified atom stereocenters. The number of carbonyl (C=O) groups excluding carboxylic acids is 2. The zero-order valence-corrected chi connectivity index (χ0v) is 13.4. The van der Waals surface area contributed by atoms with Gasteiger partial charge in [0.15, 0.2) is 0 Å². The molecular weight excluding hydrogens is 288 g/mol. The standard InChI is InChI=1S/C19H20N2O2/c1-13-8-9-14(2)16(12-13)20-19(23)17-10-11-18(22)21(17)15-6-4-3-5-7-15/h3-9,12,17H,10-11H2,1-2H3,(H,20,23). The first-order valence-electron chi connectivity index (χ1n) is 7.81. The highest BCUT2D eigenvalue weighted by Gasteiger charge is 2.37. The molecule has 4 nitrogen and oxygen atoms in total. The molecule has 1 saturated heterocycles. The summed E-state index contributed by atoms with van der Waals surface area (Å²) in [5.74, 6) is -0.134. The van der Waals surface area contributed by atoms with Gasteiger partial charge < -0.3 is 5.32 Å². The van der Waals surface area contributed by atoms with E-state index in [1.165, 1.54) is 0 Å². The van der Waals surface area contributed by atoms with Gasteiger partial charge in [-0.05, 0) is 49.6 Å².